The second-order valence-electron chi connectivity index (χ2n) is 4.31. The van der Waals surface area contributed by atoms with Gasteiger partial charge in [-0.05, 0) is 12.1 Å². The van der Waals surface area contributed by atoms with Crippen LogP contribution < -0.4 is 0 Å². The molecule has 7 heteroatoms. The predicted molar refractivity (Wildman–Crippen MR) is 67.4 cm³/mol. The van der Waals surface area contributed by atoms with Crippen LogP contribution in [0.1, 0.15) is 10.4 Å². The number of hydrogen-bond acceptors (Lipinski definition) is 6. The van der Waals surface area contributed by atoms with Crippen LogP contribution in [0.3, 0.4) is 0 Å². The molecule has 1 aromatic carbocycles. The molecule has 0 saturated carbocycles. The third kappa shape index (κ3) is 2.67. The van der Waals surface area contributed by atoms with Crippen molar-refractivity contribution in [2.45, 2.75) is 6.10 Å². The van der Waals surface area contributed by atoms with E-state index in [0.29, 0.717) is 0 Å². The highest BCUT2D eigenvalue weighted by Gasteiger charge is 2.32. The quantitative estimate of drug-likeness (QED) is 0.747. The minimum Gasteiger partial charge on any atom is -0.507 e. The summed E-state index contributed by atoms with van der Waals surface area (Å²) in [7, 11) is 1.24. The van der Waals surface area contributed by atoms with Gasteiger partial charge in [-0.1, -0.05) is 6.07 Å². The summed E-state index contributed by atoms with van der Waals surface area (Å²) in [5.41, 5.74) is -0.182. The first-order chi connectivity index (χ1) is 9.54. The van der Waals surface area contributed by atoms with E-state index in [-0.39, 0.29) is 36.8 Å². The van der Waals surface area contributed by atoms with Crippen molar-refractivity contribution in [3.05, 3.63) is 23.8 Å². The van der Waals surface area contributed by atoms with Crippen molar-refractivity contribution < 1.29 is 29.3 Å². The summed E-state index contributed by atoms with van der Waals surface area (Å²) >= 11 is 0. The molecule has 1 fully saturated rings. The Bertz CT molecular complexity index is 509. The van der Waals surface area contributed by atoms with E-state index in [0.717, 1.165) is 0 Å². The molecule has 2 N–H and O–H groups in total. The maximum atomic E-state index is 12.3. The predicted octanol–water partition coefficient (Wildman–Crippen LogP) is 0.112. The highest BCUT2D eigenvalue weighted by Crippen LogP contribution is 2.28. The molecule has 1 atom stereocenters. The third-order valence-electron chi connectivity index (χ3n) is 3.05. The summed E-state index contributed by atoms with van der Waals surface area (Å²) in [5.74, 6) is -1.74. The first kappa shape index (κ1) is 14.1. The van der Waals surface area contributed by atoms with E-state index in [9.17, 15) is 19.8 Å². The van der Waals surface area contributed by atoms with Crippen LogP contribution in [-0.2, 0) is 14.3 Å². The van der Waals surface area contributed by atoms with Gasteiger partial charge in [0, 0.05) is 6.54 Å². The fourth-order valence-corrected chi connectivity index (χ4v) is 2.01. The Morgan fingerprint density at radius 2 is 2.00 bits per heavy atom. The molecule has 1 saturated heterocycles. The second-order valence-corrected chi connectivity index (χ2v) is 4.31. The zero-order valence-corrected chi connectivity index (χ0v) is 10.9. The summed E-state index contributed by atoms with van der Waals surface area (Å²) in [4.78, 5) is 25.1. The molecule has 1 heterocycles. The lowest BCUT2D eigenvalue weighted by Gasteiger charge is -2.31. The number of aromatic hydroxyl groups is 2. The van der Waals surface area contributed by atoms with Crippen LogP contribution in [0.25, 0.3) is 0 Å². The van der Waals surface area contributed by atoms with Gasteiger partial charge in [0.05, 0.1) is 20.3 Å². The summed E-state index contributed by atoms with van der Waals surface area (Å²) in [6.45, 7) is 0.458. The largest absolute Gasteiger partial charge is 0.507 e. The Morgan fingerprint density at radius 1 is 1.35 bits per heavy atom. The number of amides is 1. The van der Waals surface area contributed by atoms with Crippen molar-refractivity contribution in [2.75, 3.05) is 26.8 Å². The van der Waals surface area contributed by atoms with Crippen molar-refractivity contribution in [1.82, 2.24) is 4.90 Å². The van der Waals surface area contributed by atoms with E-state index in [1.54, 1.807) is 0 Å². The van der Waals surface area contributed by atoms with Gasteiger partial charge in [0.1, 0.15) is 17.1 Å². The molecular weight excluding hydrogens is 266 g/mol. The Kier molecular flexibility index (Phi) is 4.09. The van der Waals surface area contributed by atoms with Gasteiger partial charge in [-0.2, -0.15) is 0 Å². The van der Waals surface area contributed by atoms with Gasteiger partial charge < -0.3 is 24.6 Å². The van der Waals surface area contributed by atoms with Crippen LogP contribution in [0.5, 0.6) is 11.5 Å². The molecule has 7 nitrogen and oxygen atoms in total. The van der Waals surface area contributed by atoms with Gasteiger partial charge in [0.2, 0.25) is 0 Å². The van der Waals surface area contributed by atoms with Crippen LogP contribution in [0.2, 0.25) is 0 Å². The minimum absolute atomic E-state index is 0.0132. The number of morpholine rings is 1. The summed E-state index contributed by atoms with van der Waals surface area (Å²) in [6, 6.07) is 4.05. The van der Waals surface area contributed by atoms with Crippen LogP contribution in [0.15, 0.2) is 18.2 Å². The molecule has 0 radical (unpaired) electrons. The van der Waals surface area contributed by atoms with E-state index in [1.807, 2.05) is 0 Å². The number of carbonyl (C=O) groups excluding carboxylic acids is 2. The number of benzene rings is 1. The van der Waals surface area contributed by atoms with E-state index in [2.05, 4.69) is 4.74 Å². The fraction of sp³-hybridized carbons (Fsp3) is 0.385. The van der Waals surface area contributed by atoms with Gasteiger partial charge in [0.15, 0.2) is 6.10 Å². The number of phenols is 2. The molecule has 1 aliphatic rings. The zero-order chi connectivity index (χ0) is 14.7. The SMILES string of the molecule is COC(=O)C1CN(C(=O)c2c(O)cccc2O)CCO1. The van der Waals surface area contributed by atoms with E-state index >= 15 is 0 Å². The normalized spacial score (nSPS) is 18.6. The number of hydrogen-bond donors (Lipinski definition) is 2. The van der Waals surface area contributed by atoms with Gasteiger partial charge in [-0.15, -0.1) is 0 Å². The van der Waals surface area contributed by atoms with E-state index < -0.39 is 18.0 Å². The minimum atomic E-state index is -0.856. The smallest absolute Gasteiger partial charge is 0.336 e. The Labute approximate surface area is 115 Å². The van der Waals surface area contributed by atoms with Crippen molar-refractivity contribution in [3.8, 4) is 11.5 Å². The van der Waals surface area contributed by atoms with Crippen LogP contribution in [-0.4, -0.2) is 59.9 Å². The van der Waals surface area contributed by atoms with Gasteiger partial charge >= 0.3 is 5.97 Å². The topological polar surface area (TPSA) is 96.3 Å². The molecule has 1 unspecified atom stereocenters. The molecule has 0 aromatic heterocycles. The van der Waals surface area contributed by atoms with E-state index in [1.165, 1.54) is 30.2 Å². The standard InChI is InChI=1S/C13H15NO6/c1-19-13(18)10-7-14(5-6-20-10)12(17)11-8(15)3-2-4-9(11)16/h2-4,10,15-16H,5-7H2,1H3. The highest BCUT2D eigenvalue weighted by atomic mass is 16.6. The first-order valence-electron chi connectivity index (χ1n) is 6.04. The Balaban J connectivity index is 2.19. The molecule has 0 spiro atoms. The fourth-order valence-electron chi connectivity index (χ4n) is 2.01. The molecule has 20 heavy (non-hydrogen) atoms. The highest BCUT2D eigenvalue weighted by molar-refractivity contribution is 5.99. The number of esters is 1. The summed E-state index contributed by atoms with van der Waals surface area (Å²) in [6.07, 6.45) is -0.856. The van der Waals surface area contributed by atoms with Crippen LogP contribution in [0, 0.1) is 0 Å². The number of methoxy groups -OCH3 is 1. The second kappa shape index (κ2) is 5.79. The maximum Gasteiger partial charge on any atom is 0.336 e. The Morgan fingerprint density at radius 3 is 2.60 bits per heavy atom. The van der Waals surface area contributed by atoms with Gasteiger partial charge in [-0.25, -0.2) is 4.79 Å². The van der Waals surface area contributed by atoms with Gasteiger partial charge in [-0.3, -0.25) is 4.79 Å². The number of ether oxygens (including phenoxy) is 2. The molecular formula is C13H15NO6. The number of carbonyl (C=O) groups is 2. The molecule has 0 bridgehead atoms. The lowest BCUT2D eigenvalue weighted by molar-refractivity contribution is -0.158. The number of rotatable bonds is 2. The average molecular weight is 281 g/mol. The molecule has 2 rings (SSSR count). The lowest BCUT2D eigenvalue weighted by atomic mass is 10.1. The third-order valence-corrected chi connectivity index (χ3v) is 3.05. The van der Waals surface area contributed by atoms with Crippen molar-refractivity contribution >= 4 is 11.9 Å². The van der Waals surface area contributed by atoms with Crippen molar-refractivity contribution in [2.24, 2.45) is 0 Å². The molecule has 1 amide bonds. The maximum absolute atomic E-state index is 12.3. The van der Waals surface area contributed by atoms with Gasteiger partial charge in [0.25, 0.3) is 5.91 Å². The lowest BCUT2D eigenvalue weighted by Crippen LogP contribution is -2.48. The Hall–Kier alpha value is -2.28. The van der Waals surface area contributed by atoms with E-state index in [4.69, 9.17) is 4.74 Å². The molecule has 1 aliphatic heterocycles. The summed E-state index contributed by atoms with van der Waals surface area (Å²) in [5, 5.41) is 19.4. The summed E-state index contributed by atoms with van der Waals surface area (Å²) < 4.78 is 9.78. The van der Waals surface area contributed by atoms with Crippen molar-refractivity contribution in [3.63, 3.8) is 0 Å². The first-order valence-corrected chi connectivity index (χ1v) is 6.04. The van der Waals surface area contributed by atoms with Crippen LogP contribution in [0.4, 0.5) is 0 Å². The zero-order valence-electron chi connectivity index (χ0n) is 10.9. The number of nitrogens with zero attached hydrogens (tertiary/aromatic N) is 1. The average Bonchev–Trinajstić information content (AvgIpc) is 2.46. The van der Waals surface area contributed by atoms with Crippen LogP contribution >= 0.6 is 0 Å². The molecule has 108 valence electrons. The monoisotopic (exact) mass is 281 g/mol. The van der Waals surface area contributed by atoms with Crippen molar-refractivity contribution in [1.29, 1.82) is 0 Å². The molecule has 0 aliphatic carbocycles. The molecule has 1 aromatic rings. The number of phenolic OH excluding ortho intramolecular Hbond substituents is 2.